The molecule has 0 spiro atoms. The zero-order valence-electron chi connectivity index (χ0n) is 16.2. The highest BCUT2D eigenvalue weighted by Gasteiger charge is 2.30. The molecule has 3 heteroatoms. The number of nitrogens with zero attached hydrogens (tertiary/aromatic N) is 1. The molecule has 1 heterocycles. The summed E-state index contributed by atoms with van der Waals surface area (Å²) in [5, 5.41) is 0. The maximum atomic E-state index is 12.8. The first-order valence-corrected chi connectivity index (χ1v) is 9.53. The van der Waals surface area contributed by atoms with Crippen molar-refractivity contribution in [1.29, 1.82) is 0 Å². The van der Waals surface area contributed by atoms with Gasteiger partial charge in [-0.2, -0.15) is 4.57 Å². The van der Waals surface area contributed by atoms with Crippen LogP contribution in [0.5, 0.6) is 0 Å². The van der Waals surface area contributed by atoms with E-state index in [0.29, 0.717) is 12.3 Å². The molecule has 3 nitrogen and oxygen atoms in total. The largest absolute Gasteiger partial charge is 0.458 e. The molecule has 0 N–H and O–H groups in total. The molecular weight excluding hydrogens is 334 g/mol. The van der Waals surface area contributed by atoms with Gasteiger partial charge in [0.2, 0.25) is 5.69 Å². The monoisotopic (exact) mass is 360 g/mol. The maximum absolute atomic E-state index is 12.8. The molecule has 0 aliphatic heterocycles. The van der Waals surface area contributed by atoms with E-state index in [0.717, 1.165) is 28.8 Å². The second-order valence-corrected chi connectivity index (χ2v) is 6.59. The predicted molar refractivity (Wildman–Crippen MR) is 108 cm³/mol. The smallest absolute Gasteiger partial charge is 0.403 e. The number of ether oxygens (including phenoxy) is 1. The van der Waals surface area contributed by atoms with Gasteiger partial charge in [-0.15, -0.1) is 0 Å². The van der Waals surface area contributed by atoms with E-state index in [-0.39, 0.29) is 12.0 Å². The van der Waals surface area contributed by atoms with Crippen LogP contribution in [-0.2, 0) is 4.74 Å². The number of aromatic nitrogens is 1. The van der Waals surface area contributed by atoms with Gasteiger partial charge in [0.25, 0.3) is 5.69 Å². The molecule has 0 amide bonds. The lowest BCUT2D eigenvalue weighted by Gasteiger charge is -2.15. The second kappa shape index (κ2) is 8.63. The molecule has 3 aromatic rings. The standard InChI is InChI=1S/C24H26NO2/c1-4-18(3)25-22(20-14-10-7-11-15-20)16-21(19-12-8-6-9-13-19)17-23(25)24(26)27-5-2/h6-18H,4-5H2,1-3H3/q+1/t18-/m1/s1. The average molecular weight is 360 g/mol. The van der Waals surface area contributed by atoms with Crippen molar-refractivity contribution in [3.8, 4) is 22.4 Å². The van der Waals surface area contributed by atoms with Crippen molar-refractivity contribution in [2.45, 2.75) is 33.2 Å². The zero-order chi connectivity index (χ0) is 19.2. The van der Waals surface area contributed by atoms with Crippen LogP contribution in [0.25, 0.3) is 22.4 Å². The molecule has 0 unspecified atom stereocenters. The molecular formula is C24H26NO2+. The summed E-state index contributed by atoms with van der Waals surface area (Å²) >= 11 is 0. The lowest BCUT2D eigenvalue weighted by atomic mass is 10.00. The number of rotatable bonds is 6. The van der Waals surface area contributed by atoms with Crippen LogP contribution in [0.2, 0.25) is 0 Å². The van der Waals surface area contributed by atoms with E-state index in [4.69, 9.17) is 4.74 Å². The number of hydrogen-bond acceptors (Lipinski definition) is 2. The van der Waals surface area contributed by atoms with Gasteiger partial charge in [0, 0.05) is 24.1 Å². The minimum absolute atomic E-state index is 0.171. The van der Waals surface area contributed by atoms with Crippen LogP contribution in [0.15, 0.2) is 72.8 Å². The predicted octanol–water partition coefficient (Wildman–Crippen LogP) is 5.46. The van der Waals surface area contributed by atoms with E-state index < -0.39 is 0 Å². The molecule has 0 saturated carbocycles. The molecule has 1 aromatic heterocycles. The molecule has 1 atom stereocenters. The van der Waals surface area contributed by atoms with Crippen LogP contribution in [0.4, 0.5) is 0 Å². The van der Waals surface area contributed by atoms with E-state index in [9.17, 15) is 4.79 Å². The van der Waals surface area contributed by atoms with Gasteiger partial charge >= 0.3 is 5.97 Å². The molecule has 2 aromatic carbocycles. The third-order valence-corrected chi connectivity index (χ3v) is 4.80. The number of carbonyl (C=O) groups excluding carboxylic acids is 1. The van der Waals surface area contributed by atoms with Crippen LogP contribution in [-0.4, -0.2) is 12.6 Å². The Hall–Kier alpha value is -2.94. The van der Waals surface area contributed by atoms with E-state index in [1.807, 2.05) is 49.4 Å². The summed E-state index contributed by atoms with van der Waals surface area (Å²) in [5.41, 5.74) is 4.79. The Kier molecular flexibility index (Phi) is 6.02. The highest BCUT2D eigenvalue weighted by atomic mass is 16.5. The maximum Gasteiger partial charge on any atom is 0.403 e. The Morgan fingerprint density at radius 2 is 1.48 bits per heavy atom. The fourth-order valence-corrected chi connectivity index (χ4v) is 3.25. The van der Waals surface area contributed by atoms with Gasteiger partial charge in [0.1, 0.15) is 0 Å². The summed E-state index contributed by atoms with van der Waals surface area (Å²) in [5.74, 6) is -0.284. The zero-order valence-corrected chi connectivity index (χ0v) is 16.2. The van der Waals surface area contributed by atoms with Gasteiger partial charge in [0.05, 0.1) is 6.61 Å². The first-order chi connectivity index (χ1) is 13.2. The van der Waals surface area contributed by atoms with Crippen molar-refractivity contribution in [1.82, 2.24) is 0 Å². The van der Waals surface area contributed by atoms with Gasteiger partial charge in [-0.05, 0) is 37.1 Å². The number of pyridine rings is 1. The fourth-order valence-electron chi connectivity index (χ4n) is 3.25. The summed E-state index contributed by atoms with van der Waals surface area (Å²) in [6.07, 6.45) is 0.918. The summed E-state index contributed by atoms with van der Waals surface area (Å²) < 4.78 is 7.50. The van der Waals surface area contributed by atoms with E-state index >= 15 is 0 Å². The Labute approximate surface area is 161 Å². The van der Waals surface area contributed by atoms with Crippen LogP contribution in [0.3, 0.4) is 0 Å². The molecule has 0 saturated heterocycles. The van der Waals surface area contributed by atoms with Gasteiger partial charge in [-0.3, -0.25) is 0 Å². The molecule has 3 rings (SSSR count). The third kappa shape index (κ3) is 4.08. The van der Waals surface area contributed by atoms with Crippen LogP contribution in [0.1, 0.15) is 43.7 Å². The summed E-state index contributed by atoms with van der Waals surface area (Å²) in [7, 11) is 0. The van der Waals surface area contributed by atoms with E-state index in [1.165, 1.54) is 0 Å². The summed E-state index contributed by atoms with van der Waals surface area (Å²) in [4.78, 5) is 12.8. The van der Waals surface area contributed by atoms with Crippen molar-refractivity contribution >= 4 is 5.97 Å². The summed E-state index contributed by atoms with van der Waals surface area (Å²) in [6, 6.07) is 24.6. The number of hydrogen-bond donors (Lipinski definition) is 0. The quantitative estimate of drug-likeness (QED) is 0.432. The molecule has 138 valence electrons. The van der Waals surface area contributed by atoms with Crippen molar-refractivity contribution in [3.05, 3.63) is 78.5 Å². The van der Waals surface area contributed by atoms with Crippen LogP contribution < -0.4 is 4.57 Å². The van der Waals surface area contributed by atoms with Gasteiger partial charge < -0.3 is 4.74 Å². The fraction of sp³-hybridized carbons (Fsp3) is 0.250. The number of carbonyl (C=O) groups is 1. The molecule has 0 aliphatic rings. The molecule has 0 aliphatic carbocycles. The minimum Gasteiger partial charge on any atom is -0.458 e. The van der Waals surface area contributed by atoms with E-state index in [2.05, 4.69) is 48.7 Å². The Morgan fingerprint density at radius 1 is 0.889 bits per heavy atom. The highest BCUT2D eigenvalue weighted by molar-refractivity contribution is 5.88. The van der Waals surface area contributed by atoms with Crippen LogP contribution in [0, 0.1) is 0 Å². The second-order valence-electron chi connectivity index (χ2n) is 6.59. The summed E-state index contributed by atoms with van der Waals surface area (Å²) in [6.45, 7) is 6.46. The van der Waals surface area contributed by atoms with Crippen molar-refractivity contribution in [2.75, 3.05) is 6.61 Å². The number of benzene rings is 2. The lowest BCUT2D eigenvalue weighted by Crippen LogP contribution is -2.46. The normalized spacial score (nSPS) is 11.8. The minimum atomic E-state index is -0.284. The van der Waals surface area contributed by atoms with Crippen molar-refractivity contribution in [2.24, 2.45) is 0 Å². The first kappa shape index (κ1) is 18.8. The van der Waals surface area contributed by atoms with E-state index in [1.54, 1.807) is 0 Å². The average Bonchev–Trinajstić information content (AvgIpc) is 2.73. The van der Waals surface area contributed by atoms with Crippen LogP contribution >= 0.6 is 0 Å². The number of esters is 1. The lowest BCUT2D eigenvalue weighted by molar-refractivity contribution is -0.711. The topological polar surface area (TPSA) is 30.2 Å². The molecule has 27 heavy (non-hydrogen) atoms. The van der Waals surface area contributed by atoms with Crippen molar-refractivity contribution < 1.29 is 14.1 Å². The molecule has 0 bridgehead atoms. The van der Waals surface area contributed by atoms with Gasteiger partial charge in [0.15, 0.2) is 6.04 Å². The molecule has 0 radical (unpaired) electrons. The van der Waals surface area contributed by atoms with Crippen molar-refractivity contribution in [3.63, 3.8) is 0 Å². The Bertz CT molecular complexity index is 904. The van der Waals surface area contributed by atoms with Gasteiger partial charge in [-0.1, -0.05) is 55.5 Å². The third-order valence-electron chi connectivity index (χ3n) is 4.80. The first-order valence-electron chi connectivity index (χ1n) is 9.53. The molecule has 0 fully saturated rings. The Morgan fingerprint density at radius 3 is 2.04 bits per heavy atom. The Balaban J connectivity index is 2.31. The SMILES string of the molecule is CCOC(=O)c1cc(-c2ccccc2)cc(-c2ccccc2)[n+]1[C@H](C)CC. The highest BCUT2D eigenvalue weighted by Crippen LogP contribution is 2.27. The van der Waals surface area contributed by atoms with Gasteiger partial charge in [-0.25, -0.2) is 4.79 Å².